The standard InChI is InChI=1S/C13H17FN2O/c1-17-12-7-6-10(9-11(12)14)16-13-5-3-2-4-8-15-13/h6-7,9H,2-5,8H2,1H3,(H,15,16). The fourth-order valence-corrected chi connectivity index (χ4v) is 1.89. The predicted octanol–water partition coefficient (Wildman–Crippen LogP) is 3.22. The first-order valence-corrected chi connectivity index (χ1v) is 5.93. The molecule has 0 atom stereocenters. The van der Waals surface area contributed by atoms with E-state index in [0.717, 1.165) is 37.3 Å². The summed E-state index contributed by atoms with van der Waals surface area (Å²) in [6.07, 6.45) is 4.44. The van der Waals surface area contributed by atoms with Crippen molar-refractivity contribution in [2.45, 2.75) is 25.7 Å². The van der Waals surface area contributed by atoms with Crippen LogP contribution in [0.2, 0.25) is 0 Å². The molecule has 17 heavy (non-hydrogen) atoms. The molecule has 0 amide bonds. The summed E-state index contributed by atoms with van der Waals surface area (Å²) in [4.78, 5) is 4.44. The van der Waals surface area contributed by atoms with Gasteiger partial charge in [-0.3, -0.25) is 4.99 Å². The molecule has 1 heterocycles. The lowest BCUT2D eigenvalue weighted by molar-refractivity contribution is 0.386. The normalized spacial score (nSPS) is 16.0. The van der Waals surface area contributed by atoms with E-state index in [4.69, 9.17) is 4.74 Å². The minimum absolute atomic E-state index is 0.262. The highest BCUT2D eigenvalue weighted by Crippen LogP contribution is 2.21. The van der Waals surface area contributed by atoms with Gasteiger partial charge in [0.25, 0.3) is 0 Å². The molecule has 1 aliphatic rings. The summed E-state index contributed by atoms with van der Waals surface area (Å²) >= 11 is 0. The van der Waals surface area contributed by atoms with E-state index in [-0.39, 0.29) is 11.6 Å². The molecular formula is C13H17FN2O. The molecule has 2 rings (SSSR count). The molecule has 1 aromatic rings. The number of hydrogen-bond acceptors (Lipinski definition) is 3. The number of amidine groups is 1. The third-order valence-corrected chi connectivity index (χ3v) is 2.81. The fraction of sp³-hybridized carbons (Fsp3) is 0.462. The molecule has 0 saturated carbocycles. The maximum absolute atomic E-state index is 13.5. The highest BCUT2D eigenvalue weighted by molar-refractivity contribution is 5.95. The second-order valence-electron chi connectivity index (χ2n) is 4.11. The highest BCUT2D eigenvalue weighted by atomic mass is 19.1. The number of aliphatic imine (C=N–C) groups is 1. The summed E-state index contributed by atoms with van der Waals surface area (Å²) in [5.41, 5.74) is 0.726. The molecule has 92 valence electrons. The zero-order chi connectivity index (χ0) is 12.1. The molecule has 0 bridgehead atoms. The van der Waals surface area contributed by atoms with Crippen molar-refractivity contribution in [1.82, 2.24) is 0 Å². The zero-order valence-electron chi connectivity index (χ0n) is 10.0. The van der Waals surface area contributed by atoms with E-state index >= 15 is 0 Å². The summed E-state index contributed by atoms with van der Waals surface area (Å²) in [6.45, 7) is 0.862. The topological polar surface area (TPSA) is 33.6 Å². The smallest absolute Gasteiger partial charge is 0.167 e. The van der Waals surface area contributed by atoms with Gasteiger partial charge in [0.1, 0.15) is 5.84 Å². The molecule has 0 spiro atoms. The molecule has 1 N–H and O–H groups in total. The van der Waals surface area contributed by atoms with Crippen LogP contribution in [-0.2, 0) is 0 Å². The summed E-state index contributed by atoms with van der Waals surface area (Å²) in [5.74, 6) is 0.858. The van der Waals surface area contributed by atoms with Crippen LogP contribution in [0.25, 0.3) is 0 Å². The largest absolute Gasteiger partial charge is 0.494 e. The molecule has 3 nitrogen and oxygen atoms in total. The van der Waals surface area contributed by atoms with E-state index < -0.39 is 0 Å². The fourth-order valence-electron chi connectivity index (χ4n) is 1.89. The average molecular weight is 236 g/mol. The number of nitrogens with zero attached hydrogens (tertiary/aromatic N) is 1. The molecule has 1 aliphatic heterocycles. The Morgan fingerprint density at radius 1 is 1.29 bits per heavy atom. The van der Waals surface area contributed by atoms with Gasteiger partial charge >= 0.3 is 0 Å². The molecular weight excluding hydrogens is 219 g/mol. The first-order chi connectivity index (χ1) is 8.29. The summed E-state index contributed by atoms with van der Waals surface area (Å²) in [6, 6.07) is 4.86. The van der Waals surface area contributed by atoms with Gasteiger partial charge in [-0.05, 0) is 25.0 Å². The van der Waals surface area contributed by atoms with Gasteiger partial charge in [0, 0.05) is 24.7 Å². The molecule has 0 aromatic heterocycles. The SMILES string of the molecule is COc1ccc(NC2=NCCCCC2)cc1F. The lowest BCUT2D eigenvalue weighted by Gasteiger charge is -2.09. The zero-order valence-corrected chi connectivity index (χ0v) is 10.0. The number of nitrogens with one attached hydrogen (secondary N) is 1. The van der Waals surface area contributed by atoms with E-state index in [0.29, 0.717) is 0 Å². The van der Waals surface area contributed by atoms with Crippen molar-refractivity contribution in [1.29, 1.82) is 0 Å². The van der Waals surface area contributed by atoms with Gasteiger partial charge in [-0.15, -0.1) is 0 Å². The van der Waals surface area contributed by atoms with Gasteiger partial charge in [-0.1, -0.05) is 6.42 Å². The second kappa shape index (κ2) is 5.66. The van der Waals surface area contributed by atoms with Gasteiger partial charge in [0.05, 0.1) is 7.11 Å². The van der Waals surface area contributed by atoms with Crippen LogP contribution in [0.3, 0.4) is 0 Å². The van der Waals surface area contributed by atoms with Crippen LogP contribution in [0, 0.1) is 5.82 Å². The summed E-state index contributed by atoms with van der Waals surface area (Å²) in [7, 11) is 1.46. The number of anilines is 1. The number of methoxy groups -OCH3 is 1. The predicted molar refractivity (Wildman–Crippen MR) is 67.3 cm³/mol. The van der Waals surface area contributed by atoms with Crippen LogP contribution >= 0.6 is 0 Å². The van der Waals surface area contributed by atoms with E-state index in [9.17, 15) is 4.39 Å². The lowest BCUT2D eigenvalue weighted by Crippen LogP contribution is -2.11. The Bertz CT molecular complexity index is 418. The Hall–Kier alpha value is -1.58. The first-order valence-electron chi connectivity index (χ1n) is 5.93. The Kier molecular flexibility index (Phi) is 3.96. The lowest BCUT2D eigenvalue weighted by atomic mass is 10.2. The van der Waals surface area contributed by atoms with Crippen molar-refractivity contribution in [3.63, 3.8) is 0 Å². The molecule has 0 fully saturated rings. The third kappa shape index (κ3) is 3.19. The molecule has 0 saturated heterocycles. The number of ether oxygens (including phenoxy) is 1. The van der Waals surface area contributed by atoms with E-state index in [2.05, 4.69) is 10.3 Å². The molecule has 1 aromatic carbocycles. The van der Waals surface area contributed by atoms with E-state index in [1.165, 1.54) is 19.6 Å². The van der Waals surface area contributed by atoms with Crippen molar-refractivity contribution >= 4 is 11.5 Å². The van der Waals surface area contributed by atoms with Crippen LogP contribution in [0.15, 0.2) is 23.2 Å². The third-order valence-electron chi connectivity index (χ3n) is 2.81. The van der Waals surface area contributed by atoms with Crippen LogP contribution in [0.5, 0.6) is 5.75 Å². The average Bonchev–Trinajstić information content (AvgIpc) is 2.58. The molecule has 0 aliphatic carbocycles. The molecule has 4 heteroatoms. The Balaban J connectivity index is 2.07. The second-order valence-corrected chi connectivity index (χ2v) is 4.11. The number of hydrogen-bond donors (Lipinski definition) is 1. The number of halogens is 1. The van der Waals surface area contributed by atoms with Crippen LogP contribution in [0.4, 0.5) is 10.1 Å². The van der Waals surface area contributed by atoms with Crippen LogP contribution in [-0.4, -0.2) is 19.5 Å². The number of benzene rings is 1. The maximum atomic E-state index is 13.5. The summed E-state index contributed by atoms with van der Waals surface area (Å²) < 4.78 is 18.4. The van der Waals surface area contributed by atoms with E-state index in [1.54, 1.807) is 12.1 Å². The Morgan fingerprint density at radius 3 is 2.94 bits per heavy atom. The van der Waals surface area contributed by atoms with Crippen LogP contribution < -0.4 is 10.1 Å². The minimum atomic E-state index is -0.355. The van der Waals surface area contributed by atoms with Crippen molar-refractivity contribution < 1.29 is 9.13 Å². The van der Waals surface area contributed by atoms with Crippen molar-refractivity contribution in [3.05, 3.63) is 24.0 Å². The maximum Gasteiger partial charge on any atom is 0.167 e. The van der Waals surface area contributed by atoms with Gasteiger partial charge in [-0.25, -0.2) is 4.39 Å². The van der Waals surface area contributed by atoms with Gasteiger partial charge in [-0.2, -0.15) is 0 Å². The molecule has 0 unspecified atom stereocenters. The van der Waals surface area contributed by atoms with Crippen molar-refractivity contribution in [2.75, 3.05) is 19.0 Å². The van der Waals surface area contributed by atoms with Gasteiger partial charge < -0.3 is 10.1 Å². The van der Waals surface area contributed by atoms with Gasteiger partial charge in [0.15, 0.2) is 11.6 Å². The minimum Gasteiger partial charge on any atom is -0.494 e. The Morgan fingerprint density at radius 2 is 2.18 bits per heavy atom. The monoisotopic (exact) mass is 236 g/mol. The molecule has 0 radical (unpaired) electrons. The van der Waals surface area contributed by atoms with Gasteiger partial charge in [0.2, 0.25) is 0 Å². The van der Waals surface area contributed by atoms with E-state index in [1.807, 2.05) is 0 Å². The van der Waals surface area contributed by atoms with Crippen molar-refractivity contribution in [2.24, 2.45) is 4.99 Å². The number of rotatable bonds is 2. The van der Waals surface area contributed by atoms with Crippen molar-refractivity contribution in [3.8, 4) is 5.75 Å². The van der Waals surface area contributed by atoms with Crippen LogP contribution in [0.1, 0.15) is 25.7 Å². The quantitative estimate of drug-likeness (QED) is 0.855. The highest BCUT2D eigenvalue weighted by Gasteiger charge is 2.07. The Labute approximate surface area is 101 Å². The first kappa shape index (κ1) is 11.9. The summed E-state index contributed by atoms with van der Waals surface area (Å²) in [5, 5.41) is 3.17.